The van der Waals surface area contributed by atoms with Gasteiger partial charge in [-0.2, -0.15) is 0 Å². The highest BCUT2D eigenvalue weighted by Crippen LogP contribution is 2.43. The number of methoxy groups -OCH3 is 1. The first-order valence-electron chi connectivity index (χ1n) is 12.5. The number of ether oxygens (including phenoxy) is 1. The van der Waals surface area contributed by atoms with Gasteiger partial charge in [0, 0.05) is 29.9 Å². The number of fused-ring (bicyclic) bond motifs is 1. The first kappa shape index (κ1) is 24.3. The molecular weight excluding hydrogens is 460 g/mol. The van der Waals surface area contributed by atoms with Crippen molar-refractivity contribution < 1.29 is 14.3 Å². The average Bonchev–Trinajstić information content (AvgIpc) is 2.93. The van der Waals surface area contributed by atoms with Crippen LogP contribution in [0.5, 0.6) is 5.75 Å². The molecule has 0 saturated carbocycles. The van der Waals surface area contributed by atoms with Gasteiger partial charge >= 0.3 is 0 Å². The largest absolute Gasteiger partial charge is 0.497 e. The van der Waals surface area contributed by atoms with Gasteiger partial charge in [0.2, 0.25) is 5.91 Å². The molecule has 1 heterocycles. The van der Waals surface area contributed by atoms with Crippen LogP contribution in [0, 0.1) is 0 Å². The summed E-state index contributed by atoms with van der Waals surface area (Å²) in [7, 11) is 1.61. The summed E-state index contributed by atoms with van der Waals surface area (Å²) < 4.78 is 5.25. The molecule has 0 spiro atoms. The predicted molar refractivity (Wildman–Crippen MR) is 148 cm³/mol. The Bertz CT molecular complexity index is 1400. The first-order chi connectivity index (χ1) is 18.0. The number of carbonyl (C=O) groups is 2. The summed E-state index contributed by atoms with van der Waals surface area (Å²) in [6.45, 7) is 3.65. The van der Waals surface area contributed by atoms with Crippen LogP contribution in [0.4, 0.5) is 11.4 Å². The van der Waals surface area contributed by atoms with Gasteiger partial charge in [-0.05, 0) is 72.5 Å². The Kier molecular flexibility index (Phi) is 6.78. The van der Waals surface area contributed by atoms with E-state index in [0.29, 0.717) is 17.7 Å². The van der Waals surface area contributed by atoms with Gasteiger partial charge in [0.25, 0.3) is 5.91 Å². The van der Waals surface area contributed by atoms with E-state index >= 15 is 0 Å². The van der Waals surface area contributed by atoms with Crippen molar-refractivity contribution in [3.05, 3.63) is 114 Å². The van der Waals surface area contributed by atoms with Gasteiger partial charge in [-0.3, -0.25) is 9.59 Å². The van der Waals surface area contributed by atoms with Crippen molar-refractivity contribution in [3.8, 4) is 16.9 Å². The fourth-order valence-corrected chi connectivity index (χ4v) is 5.23. The first-order valence-corrected chi connectivity index (χ1v) is 12.5. The minimum absolute atomic E-state index is 0.0330. The molecule has 0 saturated heterocycles. The molecule has 0 aromatic heterocycles. The molecule has 37 heavy (non-hydrogen) atoms. The molecule has 0 fully saturated rings. The molecule has 5 rings (SSSR count). The Hall–Kier alpha value is -4.38. The molecule has 1 aliphatic heterocycles. The molecule has 2 atom stereocenters. The molecule has 4 aromatic carbocycles. The molecule has 1 aliphatic rings. The van der Waals surface area contributed by atoms with Crippen molar-refractivity contribution in [1.29, 1.82) is 0 Å². The summed E-state index contributed by atoms with van der Waals surface area (Å²) >= 11 is 0. The minimum Gasteiger partial charge on any atom is -0.497 e. The Morgan fingerprint density at radius 3 is 2.08 bits per heavy atom. The van der Waals surface area contributed by atoms with Crippen LogP contribution in [0.15, 0.2) is 103 Å². The fourth-order valence-electron chi connectivity index (χ4n) is 5.23. The molecule has 4 aromatic rings. The third kappa shape index (κ3) is 4.73. The van der Waals surface area contributed by atoms with Gasteiger partial charge in [0.05, 0.1) is 13.2 Å². The van der Waals surface area contributed by atoms with Crippen molar-refractivity contribution in [2.45, 2.75) is 32.4 Å². The summed E-state index contributed by atoms with van der Waals surface area (Å²) in [5.74, 6) is 0.608. The van der Waals surface area contributed by atoms with E-state index in [1.165, 1.54) is 0 Å². The number of carbonyl (C=O) groups excluding carboxylic acids is 2. The number of rotatable bonds is 5. The zero-order valence-corrected chi connectivity index (χ0v) is 21.3. The van der Waals surface area contributed by atoms with E-state index in [4.69, 9.17) is 4.74 Å². The standard InChI is InChI=1S/C32H30N2O3/c1-22-21-31(34(23(2)35)27-17-13-25(14-18-27)24-9-5-4-6-10-24)29-11-7-8-12-30(29)33(22)32(36)26-15-19-28(37-3)20-16-26/h4-20,22,31H,21H2,1-3H3/t22-,31+/m0/s1. The monoisotopic (exact) mass is 490 g/mol. The van der Waals surface area contributed by atoms with Crippen molar-refractivity contribution in [1.82, 2.24) is 0 Å². The number of nitrogens with zero attached hydrogens (tertiary/aromatic N) is 2. The van der Waals surface area contributed by atoms with E-state index in [2.05, 4.69) is 24.3 Å². The van der Waals surface area contributed by atoms with Crippen LogP contribution >= 0.6 is 0 Å². The number of para-hydroxylation sites is 1. The van der Waals surface area contributed by atoms with E-state index in [1.807, 2.05) is 71.3 Å². The van der Waals surface area contributed by atoms with Gasteiger partial charge < -0.3 is 14.5 Å². The maximum absolute atomic E-state index is 13.6. The highest BCUT2D eigenvalue weighted by molar-refractivity contribution is 6.07. The van der Waals surface area contributed by atoms with E-state index in [1.54, 1.807) is 38.3 Å². The van der Waals surface area contributed by atoms with Gasteiger partial charge in [-0.25, -0.2) is 0 Å². The van der Waals surface area contributed by atoms with Crippen molar-refractivity contribution in [3.63, 3.8) is 0 Å². The average molecular weight is 491 g/mol. The Labute approximate surface area is 217 Å². The SMILES string of the molecule is COc1ccc(C(=O)N2c3ccccc3[C@H](N(C(C)=O)c3ccc(-c4ccccc4)cc3)C[C@@H]2C)cc1. The molecule has 2 amide bonds. The molecular formula is C32H30N2O3. The predicted octanol–water partition coefficient (Wildman–Crippen LogP) is 6.90. The van der Waals surface area contributed by atoms with Crippen LogP contribution in [0.25, 0.3) is 11.1 Å². The van der Waals surface area contributed by atoms with Crippen molar-refractivity contribution in [2.24, 2.45) is 0 Å². The van der Waals surface area contributed by atoms with E-state index in [-0.39, 0.29) is 23.9 Å². The topological polar surface area (TPSA) is 49.9 Å². The number of hydrogen-bond donors (Lipinski definition) is 0. The number of anilines is 2. The summed E-state index contributed by atoms with van der Waals surface area (Å²) in [6, 6.07) is 33.1. The smallest absolute Gasteiger partial charge is 0.258 e. The van der Waals surface area contributed by atoms with Gasteiger partial charge in [-0.15, -0.1) is 0 Å². The maximum Gasteiger partial charge on any atom is 0.258 e. The Balaban J connectivity index is 1.50. The second kappa shape index (κ2) is 10.3. The molecule has 5 heteroatoms. The summed E-state index contributed by atoms with van der Waals surface area (Å²) in [4.78, 5) is 30.4. The van der Waals surface area contributed by atoms with E-state index in [9.17, 15) is 9.59 Å². The van der Waals surface area contributed by atoms with Crippen molar-refractivity contribution >= 4 is 23.2 Å². The second-order valence-corrected chi connectivity index (χ2v) is 9.36. The van der Waals surface area contributed by atoms with Gasteiger partial charge in [-0.1, -0.05) is 60.7 Å². The van der Waals surface area contributed by atoms with Gasteiger partial charge in [0.15, 0.2) is 0 Å². The lowest BCUT2D eigenvalue weighted by atomic mass is 9.89. The molecule has 0 unspecified atom stereocenters. The molecule has 0 aliphatic carbocycles. The molecule has 5 nitrogen and oxygen atoms in total. The second-order valence-electron chi connectivity index (χ2n) is 9.36. The third-order valence-electron chi connectivity index (χ3n) is 7.02. The summed E-state index contributed by atoms with van der Waals surface area (Å²) in [5.41, 5.74) is 5.47. The van der Waals surface area contributed by atoms with E-state index < -0.39 is 0 Å². The zero-order valence-electron chi connectivity index (χ0n) is 21.3. The normalized spacial score (nSPS) is 16.6. The van der Waals surface area contributed by atoms with Crippen molar-refractivity contribution in [2.75, 3.05) is 16.9 Å². The molecule has 0 bridgehead atoms. The van der Waals surface area contributed by atoms with Crippen LogP contribution in [-0.2, 0) is 4.79 Å². The lowest BCUT2D eigenvalue weighted by Gasteiger charge is -2.43. The highest BCUT2D eigenvalue weighted by Gasteiger charge is 2.38. The summed E-state index contributed by atoms with van der Waals surface area (Å²) in [6.07, 6.45) is 0.624. The summed E-state index contributed by atoms with van der Waals surface area (Å²) in [5, 5.41) is 0. The third-order valence-corrected chi connectivity index (χ3v) is 7.02. The highest BCUT2D eigenvalue weighted by atomic mass is 16.5. The van der Waals surface area contributed by atoms with Gasteiger partial charge in [0.1, 0.15) is 5.75 Å². The van der Waals surface area contributed by atoms with Crippen LogP contribution in [0.3, 0.4) is 0 Å². The van der Waals surface area contributed by atoms with Crippen LogP contribution in [0.2, 0.25) is 0 Å². The number of amides is 2. The number of benzene rings is 4. The Morgan fingerprint density at radius 1 is 0.811 bits per heavy atom. The molecule has 0 N–H and O–H groups in total. The van der Waals surface area contributed by atoms with Crippen LogP contribution < -0.4 is 14.5 Å². The number of hydrogen-bond acceptors (Lipinski definition) is 3. The fraction of sp³-hybridized carbons (Fsp3) is 0.188. The Morgan fingerprint density at radius 2 is 1.43 bits per heavy atom. The minimum atomic E-state index is -0.189. The lowest BCUT2D eigenvalue weighted by molar-refractivity contribution is -0.117. The molecule has 186 valence electrons. The lowest BCUT2D eigenvalue weighted by Crippen LogP contribution is -2.47. The van der Waals surface area contributed by atoms with Crippen LogP contribution in [-0.4, -0.2) is 25.0 Å². The quantitative estimate of drug-likeness (QED) is 0.306. The zero-order chi connectivity index (χ0) is 25.9. The maximum atomic E-state index is 13.6. The van der Waals surface area contributed by atoms with E-state index in [0.717, 1.165) is 28.1 Å². The van der Waals surface area contributed by atoms with Crippen LogP contribution in [0.1, 0.15) is 42.2 Å². The molecule has 0 radical (unpaired) electrons.